The van der Waals surface area contributed by atoms with Crippen LogP contribution in [0, 0.1) is 0 Å². The molecule has 13 amide bonds. The first-order chi connectivity index (χ1) is 41.1. The van der Waals surface area contributed by atoms with Gasteiger partial charge in [0.05, 0.1) is 43.5 Å². The molecule has 2 aliphatic rings. The van der Waals surface area contributed by atoms with Crippen molar-refractivity contribution in [2.24, 2.45) is 33.7 Å². The lowest BCUT2D eigenvalue weighted by Crippen LogP contribution is -2.61. The Labute approximate surface area is 507 Å². The van der Waals surface area contributed by atoms with Crippen LogP contribution < -0.4 is 92.5 Å². The molecule has 26 N–H and O–H groups in total. The van der Waals surface area contributed by atoms with Gasteiger partial charge in [0, 0.05) is 36.9 Å². The molecule has 0 saturated carbocycles. The SMILES string of the molecule is C[C@H](NC(=O)[C@@H](NC(=O)[C@H](CCC(N)=O)NC(=O)[C@@H](N)CCCCN)[C@@H](C)O)C(=O)N[C@@H](CCCN=C(N)N)C(=O)N[C@@H](CCCCNC(=O)CCCC[C@@H]1SC[C@@H]2NC(=O)N[C@@H]21)C(=O)N[C@@H](CO)C(=O)N[C@H](C(=O)NCC(=O)NCC(=O)O)[C@@H](C)O. The Morgan fingerprint density at radius 2 is 1.16 bits per heavy atom. The van der Waals surface area contributed by atoms with Crippen LogP contribution in [0.2, 0.25) is 0 Å². The standard InChI is InChI=1S/C51H90N18O17S/c1-25(61-49(85)40(27(3)72)68-46(82)31(16-17-35(54)73)63-43(79)28(53)11-6-8-18-52)42(78)62-30(13-10-20-58-50(55)56)44(80)64-29(12-7-9-19-57-36(74)15-5-4-14-34-41-33(24-87-34)66-51(86)69-41)45(81)65-32(23-70)47(83)67-39(26(2)71)48(84)60-21-37(75)59-22-38(76)77/h25-34,39-41,70-72H,4-24,52-53H2,1-3H3,(H2,54,73)(H,57,74)(H,59,75)(H,60,84)(H,61,85)(H,62,78)(H,63,79)(H,64,80)(H,65,81)(H,67,83)(H,68,82)(H,76,77)(H4,55,56,58)(H2,66,69,86)/t25-,26+,27+,28-,29-,30-,31-,32-,33-,34-,39-,40-,41-/m0/s1. The van der Waals surface area contributed by atoms with E-state index in [1.54, 1.807) is 11.8 Å². The zero-order valence-electron chi connectivity index (χ0n) is 49.2. The maximum absolute atomic E-state index is 14.3. The molecular formula is C51H90N18O17S. The summed E-state index contributed by atoms with van der Waals surface area (Å²) in [5, 5.41) is 69.7. The molecule has 0 unspecified atom stereocenters. The highest BCUT2D eigenvalue weighted by atomic mass is 32.2. The number of guanidine groups is 1. The van der Waals surface area contributed by atoms with Crippen LogP contribution >= 0.6 is 11.8 Å². The van der Waals surface area contributed by atoms with Crippen LogP contribution in [0.15, 0.2) is 4.99 Å². The first kappa shape index (κ1) is 75.4. The monoisotopic (exact) mass is 1260 g/mol. The van der Waals surface area contributed by atoms with Crippen molar-refractivity contribution in [3.05, 3.63) is 0 Å². The third kappa shape index (κ3) is 29.1. The van der Waals surface area contributed by atoms with Gasteiger partial charge in [0.1, 0.15) is 48.8 Å². The van der Waals surface area contributed by atoms with Crippen LogP contribution in [-0.2, 0) is 57.5 Å². The predicted octanol–water partition coefficient (Wildman–Crippen LogP) is -8.74. The number of fused-ring (bicyclic) bond motifs is 1. The van der Waals surface area contributed by atoms with Gasteiger partial charge in [-0.05, 0) is 91.5 Å². The van der Waals surface area contributed by atoms with Gasteiger partial charge in [0.25, 0.3) is 0 Å². The van der Waals surface area contributed by atoms with E-state index in [9.17, 15) is 77.6 Å². The largest absolute Gasteiger partial charge is 0.480 e. The Kier molecular flexibility index (Phi) is 34.6. The van der Waals surface area contributed by atoms with Gasteiger partial charge in [-0.15, -0.1) is 0 Å². The highest BCUT2D eigenvalue weighted by molar-refractivity contribution is 8.00. The average molecular weight is 1260 g/mol. The Morgan fingerprint density at radius 1 is 0.598 bits per heavy atom. The van der Waals surface area contributed by atoms with Gasteiger partial charge in [-0.1, -0.05) is 12.8 Å². The molecule has 0 radical (unpaired) electrons. The number of carbonyl (C=O) groups excluding carboxylic acids is 12. The number of aliphatic imine (C=N–C) groups is 1. The molecule has 36 heteroatoms. The number of aliphatic hydroxyl groups is 3. The minimum atomic E-state index is -1.85. The maximum atomic E-state index is 14.3. The molecule has 0 aromatic rings. The first-order valence-electron chi connectivity index (χ1n) is 28.7. The molecular weight excluding hydrogens is 1170 g/mol. The number of aliphatic hydroxyl groups excluding tert-OH is 3. The van der Waals surface area contributed by atoms with E-state index in [1.165, 1.54) is 6.92 Å². The van der Waals surface area contributed by atoms with Gasteiger partial charge >= 0.3 is 12.0 Å². The number of urea groups is 1. The lowest BCUT2D eigenvalue weighted by Gasteiger charge is -2.28. The fraction of sp³-hybridized carbons (Fsp3) is 0.725. The summed E-state index contributed by atoms with van der Waals surface area (Å²) in [7, 11) is 0. The summed E-state index contributed by atoms with van der Waals surface area (Å²) in [5.41, 5.74) is 27.8. The number of nitrogens with one attached hydrogen (secondary N) is 12. The van der Waals surface area contributed by atoms with Crippen molar-refractivity contribution in [3.63, 3.8) is 0 Å². The van der Waals surface area contributed by atoms with Gasteiger partial charge in [0.15, 0.2) is 5.96 Å². The van der Waals surface area contributed by atoms with Crippen LogP contribution in [0.4, 0.5) is 4.79 Å². The number of aliphatic carboxylic acids is 1. The van der Waals surface area contributed by atoms with E-state index in [-0.39, 0.29) is 106 Å². The van der Waals surface area contributed by atoms with Crippen LogP contribution in [-0.4, -0.2) is 226 Å². The van der Waals surface area contributed by atoms with Crippen molar-refractivity contribution < 1.29 is 82.8 Å². The second kappa shape index (κ2) is 39.9. The fourth-order valence-electron chi connectivity index (χ4n) is 8.82. The molecule has 0 aromatic heterocycles. The van der Waals surface area contributed by atoms with E-state index in [2.05, 4.69) is 63.5 Å². The highest BCUT2D eigenvalue weighted by Gasteiger charge is 2.43. The Hall–Kier alpha value is -7.67. The molecule has 87 heavy (non-hydrogen) atoms. The summed E-state index contributed by atoms with van der Waals surface area (Å²) in [6.45, 7) is 1.24. The van der Waals surface area contributed by atoms with Gasteiger partial charge in [-0.2, -0.15) is 11.8 Å². The topological polar surface area (TPSA) is 590 Å². The van der Waals surface area contributed by atoms with Crippen molar-refractivity contribution in [1.29, 1.82) is 0 Å². The smallest absolute Gasteiger partial charge is 0.322 e. The molecule has 492 valence electrons. The number of nitrogens with two attached hydrogens (primary N) is 5. The highest BCUT2D eigenvalue weighted by Crippen LogP contribution is 2.33. The number of amides is 13. The minimum Gasteiger partial charge on any atom is -0.480 e. The lowest BCUT2D eigenvalue weighted by atomic mass is 10.0. The summed E-state index contributed by atoms with van der Waals surface area (Å²) in [4.78, 5) is 172. The molecule has 0 spiro atoms. The van der Waals surface area contributed by atoms with Gasteiger partial charge < -0.3 is 113 Å². The molecule has 2 heterocycles. The van der Waals surface area contributed by atoms with Crippen molar-refractivity contribution >= 4 is 94.7 Å². The normalized spacial score (nSPS) is 18.4. The van der Waals surface area contributed by atoms with E-state index in [1.807, 2.05) is 5.32 Å². The maximum Gasteiger partial charge on any atom is 0.322 e. The third-order valence-electron chi connectivity index (χ3n) is 13.7. The number of thioether (sulfide) groups is 1. The average Bonchev–Trinajstić information content (AvgIpc) is 2.31. The van der Waals surface area contributed by atoms with Crippen LogP contribution in [0.1, 0.15) is 111 Å². The molecule has 2 rings (SSSR count). The van der Waals surface area contributed by atoms with Crippen molar-refractivity contribution in [1.82, 2.24) is 63.8 Å². The summed E-state index contributed by atoms with van der Waals surface area (Å²) in [6.07, 6.45) is -0.332. The minimum absolute atomic E-state index is 0.0287. The molecule has 0 bridgehead atoms. The number of unbranched alkanes of at least 4 members (excludes halogenated alkanes) is 3. The lowest BCUT2D eigenvalue weighted by molar-refractivity contribution is -0.138. The van der Waals surface area contributed by atoms with Gasteiger partial charge in [-0.25, -0.2) is 4.79 Å². The van der Waals surface area contributed by atoms with Crippen molar-refractivity contribution in [2.45, 2.75) is 189 Å². The van der Waals surface area contributed by atoms with E-state index >= 15 is 0 Å². The second-order valence-corrected chi connectivity index (χ2v) is 22.3. The number of carbonyl (C=O) groups is 13. The zero-order valence-corrected chi connectivity index (χ0v) is 50.0. The van der Waals surface area contributed by atoms with E-state index in [4.69, 9.17) is 33.8 Å². The van der Waals surface area contributed by atoms with Crippen LogP contribution in [0.25, 0.3) is 0 Å². The molecule has 2 fully saturated rings. The van der Waals surface area contributed by atoms with Gasteiger partial charge in [0.2, 0.25) is 65.0 Å². The number of hydrogen-bond acceptors (Lipinski definition) is 20. The quantitative estimate of drug-likeness (QED) is 0.0117. The summed E-state index contributed by atoms with van der Waals surface area (Å²) in [5.74, 6) is -11.2. The molecule has 2 saturated heterocycles. The Bertz CT molecular complexity index is 2390. The number of hydrogen-bond donors (Lipinski definition) is 21. The summed E-state index contributed by atoms with van der Waals surface area (Å²) in [6, 6.07) is -12.6. The number of rotatable bonds is 43. The zero-order chi connectivity index (χ0) is 65.3. The summed E-state index contributed by atoms with van der Waals surface area (Å²) < 4.78 is 0. The molecule has 0 aromatic carbocycles. The first-order valence-corrected chi connectivity index (χ1v) is 29.7. The number of nitrogens with zero attached hydrogens (tertiary/aromatic N) is 1. The molecule has 0 aliphatic carbocycles. The van der Waals surface area contributed by atoms with Crippen LogP contribution in [0.3, 0.4) is 0 Å². The fourth-order valence-corrected chi connectivity index (χ4v) is 10.4. The molecule has 35 nitrogen and oxygen atoms in total. The second-order valence-electron chi connectivity index (χ2n) is 21.1. The Morgan fingerprint density at radius 3 is 1.76 bits per heavy atom. The number of carboxylic acids is 1. The van der Waals surface area contributed by atoms with Crippen molar-refractivity contribution in [3.8, 4) is 0 Å². The number of primary amides is 1. The number of carboxylic acid groups (broad SMARTS) is 1. The Balaban J connectivity index is 2.31. The van der Waals surface area contributed by atoms with Crippen LogP contribution in [0.5, 0.6) is 0 Å². The van der Waals surface area contributed by atoms with E-state index in [0.717, 1.165) is 32.4 Å². The molecule has 13 atom stereocenters. The predicted molar refractivity (Wildman–Crippen MR) is 313 cm³/mol. The van der Waals surface area contributed by atoms with E-state index in [0.29, 0.717) is 25.8 Å². The van der Waals surface area contributed by atoms with Crippen molar-refractivity contribution in [2.75, 3.05) is 45.1 Å². The third-order valence-corrected chi connectivity index (χ3v) is 15.2. The molecule has 2 aliphatic heterocycles. The van der Waals surface area contributed by atoms with E-state index < -0.39 is 145 Å². The van der Waals surface area contributed by atoms with Gasteiger partial charge in [-0.3, -0.25) is 62.5 Å². The summed E-state index contributed by atoms with van der Waals surface area (Å²) >= 11 is 1.76.